The van der Waals surface area contributed by atoms with Gasteiger partial charge >= 0.3 is 0 Å². The van der Waals surface area contributed by atoms with Crippen LogP contribution in [0, 0.1) is 12.7 Å². The molecule has 1 N–H and O–H groups in total. The van der Waals surface area contributed by atoms with Crippen LogP contribution in [0.3, 0.4) is 0 Å². The smallest absolute Gasteiger partial charge is 0.240 e. The van der Waals surface area contributed by atoms with Crippen LogP contribution < -0.4 is 4.72 Å². The third kappa shape index (κ3) is 4.13. The van der Waals surface area contributed by atoms with Crippen molar-refractivity contribution < 1.29 is 17.5 Å². The Morgan fingerprint density at radius 1 is 1.18 bits per heavy atom. The second-order valence-electron chi connectivity index (χ2n) is 4.95. The van der Waals surface area contributed by atoms with E-state index in [4.69, 9.17) is 4.74 Å². The van der Waals surface area contributed by atoms with Gasteiger partial charge in [-0.1, -0.05) is 24.3 Å². The second kappa shape index (κ2) is 7.00. The summed E-state index contributed by atoms with van der Waals surface area (Å²) in [5.74, 6) is -0.388. The Hall–Kier alpha value is -1.76. The van der Waals surface area contributed by atoms with Gasteiger partial charge in [-0.05, 0) is 42.3 Å². The lowest BCUT2D eigenvalue weighted by molar-refractivity contribution is 0.107. The van der Waals surface area contributed by atoms with Gasteiger partial charge in [-0.3, -0.25) is 0 Å². The van der Waals surface area contributed by atoms with Gasteiger partial charge in [-0.25, -0.2) is 17.5 Å². The maximum absolute atomic E-state index is 13.3. The molecule has 6 heteroatoms. The molecule has 0 aromatic heterocycles. The number of hydrogen-bond donors (Lipinski definition) is 1. The van der Waals surface area contributed by atoms with Crippen LogP contribution in [0.25, 0.3) is 0 Å². The van der Waals surface area contributed by atoms with Crippen LogP contribution in [-0.4, -0.2) is 22.1 Å². The van der Waals surface area contributed by atoms with Crippen LogP contribution in [0.2, 0.25) is 0 Å². The first-order chi connectivity index (χ1) is 10.4. The van der Waals surface area contributed by atoms with Crippen LogP contribution in [0.15, 0.2) is 53.4 Å². The molecule has 0 saturated carbocycles. The van der Waals surface area contributed by atoms with E-state index in [0.717, 1.165) is 5.56 Å². The molecule has 0 amide bonds. The lowest BCUT2D eigenvalue weighted by Gasteiger charge is -2.17. The van der Waals surface area contributed by atoms with Gasteiger partial charge in [0.25, 0.3) is 0 Å². The summed E-state index contributed by atoms with van der Waals surface area (Å²) in [7, 11) is -2.17. The van der Waals surface area contributed by atoms with Gasteiger partial charge < -0.3 is 4.74 Å². The van der Waals surface area contributed by atoms with Gasteiger partial charge in [0.1, 0.15) is 5.82 Å². The number of aryl methyl sites for hydroxylation is 1. The van der Waals surface area contributed by atoms with Gasteiger partial charge in [0.15, 0.2) is 0 Å². The van der Waals surface area contributed by atoms with E-state index in [1.54, 1.807) is 24.3 Å². The average Bonchev–Trinajstić information content (AvgIpc) is 2.48. The van der Waals surface area contributed by atoms with E-state index in [-0.39, 0.29) is 17.3 Å². The minimum Gasteiger partial charge on any atom is -0.375 e. The van der Waals surface area contributed by atoms with E-state index in [2.05, 4.69) is 4.72 Å². The van der Waals surface area contributed by atoms with E-state index < -0.39 is 16.1 Å². The number of halogens is 1. The quantitative estimate of drug-likeness (QED) is 0.889. The Balaban J connectivity index is 2.13. The molecule has 0 aliphatic carbocycles. The zero-order valence-corrected chi connectivity index (χ0v) is 13.2. The van der Waals surface area contributed by atoms with Crippen molar-refractivity contribution in [1.82, 2.24) is 4.72 Å². The summed E-state index contributed by atoms with van der Waals surface area (Å²) in [6.07, 6.45) is -0.560. The van der Waals surface area contributed by atoms with Gasteiger partial charge in [-0.2, -0.15) is 0 Å². The highest BCUT2D eigenvalue weighted by Gasteiger charge is 2.18. The average molecular weight is 323 g/mol. The summed E-state index contributed by atoms with van der Waals surface area (Å²) < 4.78 is 45.5. The highest BCUT2D eigenvalue weighted by Crippen LogP contribution is 2.18. The molecular weight excluding hydrogens is 305 g/mol. The SMILES string of the molecule is COC(CNS(=O)(=O)c1cccc(C)c1)c1cccc(F)c1. The Bertz CT molecular complexity index is 747. The number of methoxy groups -OCH3 is 1. The fourth-order valence-corrected chi connectivity index (χ4v) is 3.23. The van der Waals surface area contributed by atoms with E-state index in [9.17, 15) is 12.8 Å². The largest absolute Gasteiger partial charge is 0.375 e. The number of sulfonamides is 1. The molecule has 22 heavy (non-hydrogen) atoms. The molecule has 0 aliphatic rings. The summed E-state index contributed by atoms with van der Waals surface area (Å²) >= 11 is 0. The Morgan fingerprint density at radius 2 is 1.91 bits per heavy atom. The molecule has 0 aliphatic heterocycles. The monoisotopic (exact) mass is 323 g/mol. The summed E-state index contributed by atoms with van der Waals surface area (Å²) in [5.41, 5.74) is 1.44. The van der Waals surface area contributed by atoms with Crippen molar-refractivity contribution >= 4 is 10.0 Å². The molecule has 0 heterocycles. The van der Waals surface area contributed by atoms with Crippen molar-refractivity contribution in [2.24, 2.45) is 0 Å². The first-order valence-electron chi connectivity index (χ1n) is 6.77. The second-order valence-corrected chi connectivity index (χ2v) is 6.71. The molecule has 2 aromatic rings. The van der Waals surface area contributed by atoms with Crippen LogP contribution in [0.4, 0.5) is 4.39 Å². The maximum Gasteiger partial charge on any atom is 0.240 e. The minimum absolute atomic E-state index is 0.0240. The number of rotatable bonds is 6. The van der Waals surface area contributed by atoms with Crippen molar-refractivity contribution in [1.29, 1.82) is 0 Å². The van der Waals surface area contributed by atoms with Crippen molar-refractivity contribution in [3.8, 4) is 0 Å². The molecule has 118 valence electrons. The van der Waals surface area contributed by atoms with Crippen molar-refractivity contribution in [2.75, 3.05) is 13.7 Å². The molecular formula is C16H18FNO3S. The topological polar surface area (TPSA) is 55.4 Å². The predicted octanol–water partition coefficient (Wildman–Crippen LogP) is 2.80. The van der Waals surface area contributed by atoms with Crippen molar-refractivity contribution in [2.45, 2.75) is 17.9 Å². The number of nitrogens with one attached hydrogen (secondary N) is 1. The number of hydrogen-bond acceptors (Lipinski definition) is 3. The summed E-state index contributed by atoms with van der Waals surface area (Å²) in [5, 5.41) is 0. The first kappa shape index (κ1) is 16.6. The van der Waals surface area contributed by atoms with Crippen LogP contribution in [-0.2, 0) is 14.8 Å². The van der Waals surface area contributed by atoms with Crippen LogP contribution in [0.1, 0.15) is 17.2 Å². The standard InChI is InChI=1S/C16H18FNO3S/c1-12-5-3-8-15(9-12)22(19,20)18-11-16(21-2)13-6-4-7-14(17)10-13/h3-10,16,18H,11H2,1-2H3. The number of ether oxygens (including phenoxy) is 1. The van der Waals surface area contributed by atoms with E-state index in [1.807, 2.05) is 13.0 Å². The molecule has 0 spiro atoms. The Kier molecular flexibility index (Phi) is 5.28. The lowest BCUT2D eigenvalue weighted by Crippen LogP contribution is -2.29. The number of benzene rings is 2. The zero-order valence-electron chi connectivity index (χ0n) is 12.4. The maximum atomic E-state index is 13.3. The lowest BCUT2D eigenvalue weighted by atomic mass is 10.1. The highest BCUT2D eigenvalue weighted by molar-refractivity contribution is 7.89. The van der Waals surface area contributed by atoms with Gasteiger partial charge in [0.2, 0.25) is 10.0 Å². The highest BCUT2D eigenvalue weighted by atomic mass is 32.2. The fourth-order valence-electron chi connectivity index (χ4n) is 2.10. The fraction of sp³-hybridized carbons (Fsp3) is 0.250. The van der Waals surface area contributed by atoms with Gasteiger partial charge in [0.05, 0.1) is 11.0 Å². The molecule has 1 unspecified atom stereocenters. The van der Waals surface area contributed by atoms with Crippen LogP contribution >= 0.6 is 0 Å². The summed E-state index contributed by atoms with van der Waals surface area (Å²) in [4.78, 5) is 0.196. The Labute approximate surface area is 130 Å². The molecule has 0 saturated heterocycles. The normalized spacial score (nSPS) is 13.0. The third-order valence-corrected chi connectivity index (χ3v) is 4.68. The molecule has 0 radical (unpaired) electrons. The van der Waals surface area contributed by atoms with E-state index in [0.29, 0.717) is 5.56 Å². The summed E-state index contributed by atoms with van der Waals surface area (Å²) in [6, 6.07) is 12.5. The van der Waals surface area contributed by atoms with Gasteiger partial charge in [-0.15, -0.1) is 0 Å². The molecule has 2 aromatic carbocycles. The van der Waals surface area contributed by atoms with E-state index in [1.165, 1.54) is 25.3 Å². The molecule has 2 rings (SSSR count). The minimum atomic E-state index is -3.63. The molecule has 4 nitrogen and oxygen atoms in total. The predicted molar refractivity (Wildman–Crippen MR) is 82.5 cm³/mol. The van der Waals surface area contributed by atoms with E-state index >= 15 is 0 Å². The third-order valence-electron chi connectivity index (χ3n) is 3.26. The van der Waals surface area contributed by atoms with Crippen LogP contribution in [0.5, 0.6) is 0 Å². The molecule has 1 atom stereocenters. The Morgan fingerprint density at radius 3 is 2.55 bits per heavy atom. The summed E-state index contributed by atoms with van der Waals surface area (Å²) in [6.45, 7) is 1.85. The zero-order chi connectivity index (χ0) is 16.2. The molecule has 0 fully saturated rings. The first-order valence-corrected chi connectivity index (χ1v) is 8.25. The van der Waals surface area contributed by atoms with Crippen molar-refractivity contribution in [3.63, 3.8) is 0 Å². The van der Waals surface area contributed by atoms with Crippen molar-refractivity contribution in [3.05, 3.63) is 65.5 Å². The molecule has 0 bridgehead atoms. The van der Waals surface area contributed by atoms with Gasteiger partial charge in [0, 0.05) is 13.7 Å².